The summed E-state index contributed by atoms with van der Waals surface area (Å²) in [6.45, 7) is 0. The van der Waals surface area contributed by atoms with Crippen molar-refractivity contribution in [3.8, 4) is 45.6 Å². The number of H-pyrrole nitrogens is 4. The van der Waals surface area contributed by atoms with Gasteiger partial charge in [0.05, 0.1) is 65.9 Å². The first kappa shape index (κ1) is 87.1. The fourth-order valence-electron chi connectivity index (χ4n) is 13.9. The van der Waals surface area contributed by atoms with Crippen molar-refractivity contribution in [1.29, 1.82) is 0 Å². The van der Waals surface area contributed by atoms with Gasteiger partial charge in [0.15, 0.2) is 69.8 Å². The van der Waals surface area contributed by atoms with Crippen molar-refractivity contribution in [2.45, 2.75) is 24.7 Å². The van der Waals surface area contributed by atoms with E-state index in [1.165, 1.54) is 18.2 Å². The molecule has 0 aliphatic rings. The minimum absolute atomic E-state index is 0.00209. The monoisotopic (exact) mass is 1880 g/mol. The number of benzene rings is 12. The molecule has 0 saturated heterocycles. The third kappa shape index (κ3) is 18.0. The molecule has 131 heavy (non-hydrogen) atoms. The first-order chi connectivity index (χ1) is 62.4. The molecule has 0 radical (unpaired) electrons. The lowest BCUT2D eigenvalue weighted by atomic mass is 10.0. The zero-order valence-corrected chi connectivity index (χ0v) is 66.5. The topological polar surface area (TPSA) is 266 Å². The summed E-state index contributed by atoms with van der Waals surface area (Å²) in [4.78, 5) is 34.4. The summed E-state index contributed by atoms with van der Waals surface area (Å²) in [5, 5.41) is 39.6. The number of halogens is 23. The molecule has 0 aliphatic carbocycles. The summed E-state index contributed by atoms with van der Waals surface area (Å²) in [6.07, 6.45) is -19.9. The van der Waals surface area contributed by atoms with Crippen LogP contribution >= 0.6 is 15.9 Å². The Balaban J connectivity index is 0.000000122. The minimum atomic E-state index is -5.15. The quantitative estimate of drug-likeness (QED) is 0.0529. The minimum Gasteiger partial charge on any atom is -0.322 e. The van der Waals surface area contributed by atoms with Gasteiger partial charge in [0, 0.05) is 72.5 Å². The molecule has 8 heterocycles. The first-order valence-corrected chi connectivity index (χ1v) is 38.5. The van der Waals surface area contributed by atoms with Crippen LogP contribution < -0.4 is 21.3 Å². The SMILES string of the molecule is Fc1cc(F)c2[nH]nc(Nc3nc(-c4ccc(C(F)(F)F)cc4C(F)(F)F)nc4ccccc34)c2c1.Fc1cc(F)c2[nH]nc(Nc3nc(-c4ccccc4Br)nc4ccccc34)c2c1.Fc1ccc(-c2nc(Nc3n[nH]c4c(F)cc(F)cc34)c3ccccc3n2)c(C(F)(F)F)c1.Fc1ccc(-c2nc(Nc3n[nH]c4c(F)cc(F)cc34)c3ccccc3n2)c(C(F)(F)F)c1. The highest BCUT2D eigenvalue weighted by Gasteiger charge is 2.41. The lowest BCUT2D eigenvalue weighted by molar-refractivity contribution is -0.143. The molecule has 0 spiro atoms. The van der Waals surface area contributed by atoms with E-state index in [1.807, 2.05) is 48.5 Å². The normalized spacial score (nSPS) is 11.9. The van der Waals surface area contributed by atoms with E-state index in [2.05, 4.69) is 118 Å². The van der Waals surface area contributed by atoms with Crippen LogP contribution in [0.3, 0.4) is 0 Å². The fraction of sp³-hybridized carbons (Fsp3) is 0.0455. The molecule has 8 aromatic heterocycles. The van der Waals surface area contributed by atoms with Crippen molar-refractivity contribution < 1.29 is 96.6 Å². The number of alkyl halides is 12. The second-order valence-corrected chi connectivity index (χ2v) is 29.1. The van der Waals surface area contributed by atoms with Crippen LogP contribution in [0.15, 0.2) is 229 Å². The van der Waals surface area contributed by atoms with Crippen LogP contribution in [-0.2, 0) is 24.7 Å². The van der Waals surface area contributed by atoms with Crippen LogP contribution in [-0.4, -0.2) is 80.7 Å². The van der Waals surface area contributed by atoms with Gasteiger partial charge in [-0.2, -0.15) is 73.1 Å². The van der Waals surface area contributed by atoms with Gasteiger partial charge < -0.3 is 21.3 Å². The van der Waals surface area contributed by atoms with Gasteiger partial charge in [0.1, 0.15) is 80.2 Å². The second kappa shape index (κ2) is 34.3. The van der Waals surface area contributed by atoms with E-state index in [-0.39, 0.29) is 102 Å². The van der Waals surface area contributed by atoms with E-state index < -0.39 is 128 Å². The van der Waals surface area contributed by atoms with Crippen molar-refractivity contribution in [3.05, 3.63) is 309 Å². The van der Waals surface area contributed by atoms with Crippen LogP contribution in [0.25, 0.3) is 133 Å². The Labute approximate surface area is 724 Å². The average molecular weight is 1880 g/mol. The molecular weight excluding hydrogens is 1830 g/mol. The van der Waals surface area contributed by atoms with Crippen LogP contribution in [0.4, 0.5) is 143 Å². The molecule has 20 nitrogen and oxygen atoms in total. The maximum atomic E-state index is 14.1. The zero-order chi connectivity index (χ0) is 92.4. The summed E-state index contributed by atoms with van der Waals surface area (Å²) in [5.74, 6) is -8.64. The molecule has 8 N–H and O–H groups in total. The van der Waals surface area contributed by atoms with Gasteiger partial charge in [-0.05, 0) is 133 Å². The number of nitrogens with one attached hydrogen (secondary N) is 8. The van der Waals surface area contributed by atoms with E-state index in [1.54, 1.807) is 60.7 Å². The summed E-state index contributed by atoms with van der Waals surface area (Å²) in [7, 11) is 0. The summed E-state index contributed by atoms with van der Waals surface area (Å²) < 4.78 is 301. The molecule has 20 rings (SSSR count). The van der Waals surface area contributed by atoms with Crippen LogP contribution in [0, 0.1) is 58.2 Å². The van der Waals surface area contributed by atoms with Crippen molar-refractivity contribution in [2.75, 3.05) is 21.3 Å². The standard InChI is InChI=1S/C23H11F8N5.2C22H11F6N5.C21H12BrF2N5/c24-11-8-14-18(16(25)9-11)35-36-21(14)34-20-13-3-1-2-4-17(13)32-19(33-20)12-6-5-10(22(26,27)28)7-15(12)23(29,30)31;2*23-10-5-6-12(15(8-10)22(26,27)28)19-29-17-4-2-1-3-13(17)20(30-19)31-21-14-7-11(24)9-16(25)18(14)32-33-21;22-15-7-3-1-5-12(15)19-25-17-8-4-2-6-13(17)20(26-19)27-21-14-9-11(23)10-16(24)18(14)28-29-21/h1-9H,(H2,32,33,34,35,36);2*1-9H,(H2,29,30,31,32,33);1-10H,(H2,25,26,27,28,29). The van der Waals surface area contributed by atoms with Gasteiger partial charge in [0.25, 0.3) is 0 Å². The Morgan fingerprint density at radius 2 is 0.489 bits per heavy atom. The van der Waals surface area contributed by atoms with Gasteiger partial charge in [-0.3, -0.25) is 20.4 Å². The molecule has 0 unspecified atom stereocenters. The van der Waals surface area contributed by atoms with E-state index in [0.29, 0.717) is 86.7 Å². The van der Waals surface area contributed by atoms with Crippen LogP contribution in [0.1, 0.15) is 22.3 Å². The Morgan fingerprint density at radius 3 is 0.771 bits per heavy atom. The molecule has 43 heteroatoms. The number of hydrogen-bond acceptors (Lipinski definition) is 16. The number of aromatic nitrogens is 16. The predicted molar refractivity (Wildman–Crippen MR) is 445 cm³/mol. The highest BCUT2D eigenvalue weighted by atomic mass is 79.9. The van der Waals surface area contributed by atoms with E-state index >= 15 is 0 Å². The maximum Gasteiger partial charge on any atom is 0.417 e. The van der Waals surface area contributed by atoms with E-state index in [0.717, 1.165) is 69.5 Å². The third-order valence-corrected chi connectivity index (χ3v) is 20.5. The number of hydrogen-bond donors (Lipinski definition) is 8. The molecule has 12 aromatic carbocycles. The number of fused-ring (bicyclic) bond motifs is 8. The highest BCUT2D eigenvalue weighted by molar-refractivity contribution is 9.10. The van der Waals surface area contributed by atoms with Crippen molar-refractivity contribution in [1.82, 2.24) is 80.7 Å². The largest absolute Gasteiger partial charge is 0.417 e. The van der Waals surface area contributed by atoms with Crippen molar-refractivity contribution in [3.63, 3.8) is 0 Å². The molecule has 20 aromatic rings. The predicted octanol–water partition coefficient (Wildman–Crippen LogP) is 25.9. The average Bonchev–Trinajstić information content (AvgIpc) is 1.71. The Bertz CT molecular complexity index is 7660. The number of para-hydroxylation sites is 4. The maximum absolute atomic E-state index is 14.1. The molecule has 0 aliphatic heterocycles. The summed E-state index contributed by atoms with van der Waals surface area (Å²) in [6, 6.07) is 46.9. The van der Waals surface area contributed by atoms with Gasteiger partial charge >= 0.3 is 24.7 Å². The van der Waals surface area contributed by atoms with Crippen LogP contribution in [0.5, 0.6) is 0 Å². The zero-order valence-electron chi connectivity index (χ0n) is 64.9. The molecule has 0 atom stereocenters. The Morgan fingerprint density at radius 1 is 0.229 bits per heavy atom. The summed E-state index contributed by atoms with van der Waals surface area (Å²) in [5.41, 5.74) is -4.90. The molecule has 0 saturated carbocycles. The highest BCUT2D eigenvalue weighted by Crippen LogP contribution is 2.45. The number of aromatic amines is 4. The van der Waals surface area contributed by atoms with E-state index in [4.69, 9.17) is 0 Å². The number of anilines is 8. The third-order valence-electron chi connectivity index (χ3n) is 19.8. The smallest absolute Gasteiger partial charge is 0.322 e. The molecule has 0 amide bonds. The van der Waals surface area contributed by atoms with Crippen molar-refractivity contribution in [2.24, 2.45) is 0 Å². The molecule has 658 valence electrons. The fourth-order valence-corrected chi connectivity index (χ4v) is 14.3. The molecule has 0 bridgehead atoms. The van der Waals surface area contributed by atoms with Gasteiger partial charge in [-0.1, -0.05) is 82.7 Å². The summed E-state index contributed by atoms with van der Waals surface area (Å²) >= 11 is 3.53. The second-order valence-electron chi connectivity index (χ2n) is 28.3. The Hall–Kier alpha value is -16.0. The van der Waals surface area contributed by atoms with E-state index in [9.17, 15) is 96.6 Å². The van der Waals surface area contributed by atoms with Crippen LogP contribution in [0.2, 0.25) is 0 Å². The van der Waals surface area contributed by atoms with Gasteiger partial charge in [-0.15, -0.1) is 0 Å². The molecular formula is C88H45BrF22N20. The van der Waals surface area contributed by atoms with Crippen molar-refractivity contribution >= 4 is 150 Å². The lowest BCUT2D eigenvalue weighted by Gasteiger charge is -2.16. The number of rotatable bonds is 12. The van der Waals surface area contributed by atoms with Gasteiger partial charge in [0.2, 0.25) is 0 Å². The first-order valence-electron chi connectivity index (χ1n) is 37.7. The number of nitrogens with zero attached hydrogens (tertiary/aromatic N) is 12. The van der Waals surface area contributed by atoms with Gasteiger partial charge in [-0.25, -0.2) is 83.8 Å². The Kier molecular flexibility index (Phi) is 22.8. The lowest BCUT2D eigenvalue weighted by Crippen LogP contribution is -2.13. The molecule has 0 fully saturated rings.